The van der Waals surface area contributed by atoms with Crippen LogP contribution in [0, 0.1) is 11.3 Å². The third-order valence-corrected chi connectivity index (χ3v) is 3.79. The highest BCUT2D eigenvalue weighted by Gasteiger charge is 2.52. The van der Waals surface area contributed by atoms with E-state index < -0.39 is 0 Å². The first-order valence-corrected chi connectivity index (χ1v) is 6.19. The molecule has 0 amide bonds. The Morgan fingerprint density at radius 2 is 1.94 bits per heavy atom. The van der Waals surface area contributed by atoms with E-state index in [-0.39, 0.29) is 11.4 Å². The Kier molecular flexibility index (Phi) is 4.36. The summed E-state index contributed by atoms with van der Waals surface area (Å²) in [4.78, 5) is 14.2. The van der Waals surface area contributed by atoms with Crippen molar-refractivity contribution < 1.29 is 9.53 Å². The van der Waals surface area contributed by atoms with E-state index in [4.69, 9.17) is 4.74 Å². The fourth-order valence-corrected chi connectivity index (χ4v) is 2.81. The Labute approximate surface area is 99.1 Å². The van der Waals surface area contributed by atoms with Gasteiger partial charge in [0.2, 0.25) is 0 Å². The van der Waals surface area contributed by atoms with Gasteiger partial charge in [-0.15, -0.1) is 0 Å². The van der Waals surface area contributed by atoms with Crippen molar-refractivity contribution in [2.24, 2.45) is 11.3 Å². The van der Waals surface area contributed by atoms with Crippen molar-refractivity contribution in [1.82, 2.24) is 4.90 Å². The maximum atomic E-state index is 12.0. The first kappa shape index (κ1) is 13.5. The highest BCUT2D eigenvalue weighted by atomic mass is 16.5. The van der Waals surface area contributed by atoms with E-state index in [0.717, 1.165) is 25.7 Å². The van der Waals surface area contributed by atoms with Gasteiger partial charge in [-0.3, -0.25) is 4.79 Å². The zero-order valence-electron chi connectivity index (χ0n) is 11.2. The second-order valence-corrected chi connectivity index (χ2v) is 5.61. The summed E-state index contributed by atoms with van der Waals surface area (Å²) < 4.78 is 5.00. The number of methoxy groups -OCH3 is 1. The van der Waals surface area contributed by atoms with Crippen LogP contribution >= 0.6 is 0 Å². The Morgan fingerprint density at radius 1 is 1.38 bits per heavy atom. The van der Waals surface area contributed by atoms with Gasteiger partial charge in [-0.1, -0.05) is 20.3 Å². The molecule has 0 radical (unpaired) electrons. The number of rotatable bonds is 5. The van der Waals surface area contributed by atoms with Gasteiger partial charge in [0, 0.05) is 6.04 Å². The molecule has 16 heavy (non-hydrogen) atoms. The van der Waals surface area contributed by atoms with Crippen LogP contribution in [0.3, 0.4) is 0 Å². The average molecular weight is 227 g/mol. The second kappa shape index (κ2) is 5.17. The first-order chi connectivity index (χ1) is 7.44. The van der Waals surface area contributed by atoms with E-state index in [1.54, 1.807) is 0 Å². The summed E-state index contributed by atoms with van der Waals surface area (Å²) in [5, 5.41) is 0. The summed E-state index contributed by atoms with van der Waals surface area (Å²) in [6.45, 7) is 4.42. The summed E-state index contributed by atoms with van der Waals surface area (Å²) in [6.07, 6.45) is 4.17. The van der Waals surface area contributed by atoms with Gasteiger partial charge < -0.3 is 9.64 Å². The zero-order chi connectivity index (χ0) is 12.3. The minimum absolute atomic E-state index is 0.0156. The van der Waals surface area contributed by atoms with Crippen LogP contribution in [-0.2, 0) is 9.53 Å². The Balaban J connectivity index is 2.85. The molecule has 0 aromatic heterocycles. The minimum Gasteiger partial charge on any atom is -0.469 e. The van der Waals surface area contributed by atoms with Gasteiger partial charge in [-0.05, 0) is 39.3 Å². The number of esters is 1. The van der Waals surface area contributed by atoms with Crippen LogP contribution in [0.1, 0.15) is 39.5 Å². The van der Waals surface area contributed by atoms with Gasteiger partial charge >= 0.3 is 5.97 Å². The molecule has 1 aliphatic carbocycles. The van der Waals surface area contributed by atoms with Crippen molar-refractivity contribution in [3.63, 3.8) is 0 Å². The van der Waals surface area contributed by atoms with E-state index in [0.29, 0.717) is 12.0 Å². The lowest BCUT2D eigenvalue weighted by molar-refractivity contribution is -0.165. The molecular weight excluding hydrogens is 202 g/mol. The lowest BCUT2D eigenvalue weighted by Gasteiger charge is -2.48. The predicted molar refractivity (Wildman–Crippen MR) is 65.2 cm³/mol. The number of hydrogen-bond donors (Lipinski definition) is 0. The molecule has 3 heteroatoms. The number of nitrogens with zero attached hydrogens (tertiary/aromatic N) is 1. The maximum Gasteiger partial charge on any atom is 0.313 e. The van der Waals surface area contributed by atoms with Crippen LogP contribution in [0.4, 0.5) is 0 Å². The Bertz CT molecular complexity index is 244. The highest BCUT2D eigenvalue weighted by Crippen LogP contribution is 2.48. The SMILES string of the molecule is COC(=O)C1(C(CC(C)C)N(C)C)CCC1. The summed E-state index contributed by atoms with van der Waals surface area (Å²) in [6, 6.07) is 0.314. The summed E-state index contributed by atoms with van der Waals surface area (Å²) in [5.41, 5.74) is -0.234. The smallest absolute Gasteiger partial charge is 0.313 e. The van der Waals surface area contributed by atoms with Gasteiger partial charge in [0.1, 0.15) is 0 Å². The van der Waals surface area contributed by atoms with E-state index >= 15 is 0 Å². The molecule has 0 aromatic carbocycles. The van der Waals surface area contributed by atoms with Crippen LogP contribution in [0.5, 0.6) is 0 Å². The third-order valence-electron chi connectivity index (χ3n) is 3.79. The molecule has 0 heterocycles. The Hall–Kier alpha value is -0.570. The van der Waals surface area contributed by atoms with Crippen molar-refractivity contribution in [3.05, 3.63) is 0 Å². The van der Waals surface area contributed by atoms with Crippen molar-refractivity contribution in [2.45, 2.75) is 45.6 Å². The highest BCUT2D eigenvalue weighted by molar-refractivity contribution is 5.78. The van der Waals surface area contributed by atoms with Gasteiger partial charge in [0.25, 0.3) is 0 Å². The largest absolute Gasteiger partial charge is 0.469 e. The molecule has 0 aromatic rings. The molecule has 1 rings (SSSR count). The van der Waals surface area contributed by atoms with E-state index in [9.17, 15) is 4.79 Å². The lowest BCUT2D eigenvalue weighted by Crippen LogP contribution is -2.54. The van der Waals surface area contributed by atoms with Crippen LogP contribution < -0.4 is 0 Å². The fraction of sp³-hybridized carbons (Fsp3) is 0.923. The van der Waals surface area contributed by atoms with Crippen LogP contribution in [0.2, 0.25) is 0 Å². The minimum atomic E-state index is -0.234. The van der Waals surface area contributed by atoms with E-state index in [1.165, 1.54) is 7.11 Å². The normalized spacial score (nSPS) is 20.7. The van der Waals surface area contributed by atoms with Gasteiger partial charge in [0.05, 0.1) is 12.5 Å². The molecule has 0 saturated heterocycles. The van der Waals surface area contributed by atoms with Crippen molar-refractivity contribution in [2.75, 3.05) is 21.2 Å². The standard InChI is InChI=1S/C13H25NO2/c1-10(2)9-11(14(3)4)13(7-6-8-13)12(15)16-5/h10-11H,6-9H2,1-5H3. The van der Waals surface area contributed by atoms with Gasteiger partial charge in [-0.2, -0.15) is 0 Å². The molecule has 1 saturated carbocycles. The summed E-state index contributed by atoms with van der Waals surface area (Å²) in [7, 11) is 5.64. The molecule has 3 nitrogen and oxygen atoms in total. The first-order valence-electron chi connectivity index (χ1n) is 6.19. The molecule has 1 fully saturated rings. The number of ether oxygens (including phenoxy) is 1. The molecule has 1 unspecified atom stereocenters. The van der Waals surface area contributed by atoms with Crippen LogP contribution in [0.15, 0.2) is 0 Å². The molecule has 1 aliphatic rings. The quantitative estimate of drug-likeness (QED) is 0.675. The molecule has 0 spiro atoms. The molecule has 0 aliphatic heterocycles. The molecule has 0 N–H and O–H groups in total. The molecule has 0 bridgehead atoms. The zero-order valence-corrected chi connectivity index (χ0v) is 11.2. The van der Waals surface area contributed by atoms with Crippen molar-refractivity contribution in [3.8, 4) is 0 Å². The fourth-order valence-electron chi connectivity index (χ4n) is 2.81. The number of hydrogen-bond acceptors (Lipinski definition) is 3. The average Bonchev–Trinajstić information content (AvgIpc) is 2.13. The molecule has 94 valence electrons. The lowest BCUT2D eigenvalue weighted by atomic mass is 9.62. The van der Waals surface area contributed by atoms with E-state index in [2.05, 4.69) is 32.8 Å². The third kappa shape index (κ3) is 2.40. The van der Waals surface area contributed by atoms with E-state index in [1.807, 2.05) is 0 Å². The van der Waals surface area contributed by atoms with Gasteiger partial charge in [-0.25, -0.2) is 0 Å². The molecular formula is C13H25NO2. The monoisotopic (exact) mass is 227 g/mol. The number of carbonyl (C=O) groups is 1. The summed E-state index contributed by atoms with van der Waals surface area (Å²) >= 11 is 0. The van der Waals surface area contributed by atoms with Gasteiger partial charge in [0.15, 0.2) is 0 Å². The van der Waals surface area contributed by atoms with Crippen LogP contribution in [0.25, 0.3) is 0 Å². The van der Waals surface area contributed by atoms with Crippen molar-refractivity contribution in [1.29, 1.82) is 0 Å². The summed E-state index contributed by atoms with van der Waals surface area (Å²) in [5.74, 6) is 0.590. The topological polar surface area (TPSA) is 29.5 Å². The predicted octanol–water partition coefficient (Wildman–Crippen LogP) is 2.31. The van der Waals surface area contributed by atoms with Crippen molar-refractivity contribution >= 4 is 5.97 Å². The maximum absolute atomic E-state index is 12.0. The molecule has 1 atom stereocenters. The number of carbonyl (C=O) groups excluding carboxylic acids is 1. The Morgan fingerprint density at radius 3 is 2.19 bits per heavy atom. The second-order valence-electron chi connectivity index (χ2n) is 5.61. The van der Waals surface area contributed by atoms with Crippen LogP contribution in [-0.4, -0.2) is 38.1 Å².